The molecule has 116 valence electrons. The molecule has 6 nitrogen and oxygen atoms in total. The van der Waals surface area contributed by atoms with Gasteiger partial charge in [-0.2, -0.15) is 0 Å². The molecule has 0 radical (unpaired) electrons. The molecule has 0 aliphatic heterocycles. The van der Waals surface area contributed by atoms with Crippen LogP contribution in [0.4, 0.5) is 11.6 Å². The SMILES string of the molecule is COCCNc1nccc(C(=O)Nc2cc(Cl)cc(Cl)c2)n1. The van der Waals surface area contributed by atoms with Crippen molar-refractivity contribution < 1.29 is 9.53 Å². The highest BCUT2D eigenvalue weighted by Crippen LogP contribution is 2.22. The Labute approximate surface area is 137 Å². The maximum atomic E-state index is 12.2. The molecular formula is C14H14Cl2N4O2. The first kappa shape index (κ1) is 16.5. The van der Waals surface area contributed by atoms with E-state index in [2.05, 4.69) is 20.6 Å². The minimum absolute atomic E-state index is 0.228. The summed E-state index contributed by atoms with van der Waals surface area (Å²) in [7, 11) is 1.60. The zero-order chi connectivity index (χ0) is 15.9. The lowest BCUT2D eigenvalue weighted by Crippen LogP contribution is -2.16. The van der Waals surface area contributed by atoms with Crippen LogP contribution in [-0.4, -0.2) is 36.1 Å². The number of halogens is 2. The Kier molecular flexibility index (Phi) is 5.94. The van der Waals surface area contributed by atoms with Crippen LogP contribution in [0.5, 0.6) is 0 Å². The van der Waals surface area contributed by atoms with Crippen LogP contribution in [0.1, 0.15) is 10.5 Å². The molecule has 22 heavy (non-hydrogen) atoms. The zero-order valence-electron chi connectivity index (χ0n) is 11.8. The van der Waals surface area contributed by atoms with Crippen LogP contribution < -0.4 is 10.6 Å². The van der Waals surface area contributed by atoms with Gasteiger partial charge in [-0.15, -0.1) is 0 Å². The third-order valence-corrected chi connectivity index (χ3v) is 3.03. The van der Waals surface area contributed by atoms with Crippen molar-refractivity contribution in [3.8, 4) is 0 Å². The summed E-state index contributed by atoms with van der Waals surface area (Å²) in [6.45, 7) is 1.06. The van der Waals surface area contributed by atoms with Crippen molar-refractivity contribution in [2.75, 3.05) is 30.9 Å². The summed E-state index contributed by atoms with van der Waals surface area (Å²) in [6.07, 6.45) is 1.50. The number of nitrogens with zero attached hydrogens (tertiary/aromatic N) is 2. The summed E-state index contributed by atoms with van der Waals surface area (Å²) in [5.41, 5.74) is 0.723. The van der Waals surface area contributed by atoms with Crippen LogP contribution in [0.25, 0.3) is 0 Å². The van der Waals surface area contributed by atoms with Gasteiger partial charge >= 0.3 is 0 Å². The molecular weight excluding hydrogens is 327 g/mol. The molecule has 0 atom stereocenters. The van der Waals surface area contributed by atoms with Gasteiger partial charge in [-0.3, -0.25) is 4.79 Å². The molecule has 8 heteroatoms. The first-order chi connectivity index (χ1) is 10.6. The van der Waals surface area contributed by atoms with Crippen LogP contribution in [0.2, 0.25) is 10.0 Å². The van der Waals surface area contributed by atoms with E-state index >= 15 is 0 Å². The maximum Gasteiger partial charge on any atom is 0.274 e. The topological polar surface area (TPSA) is 76.1 Å². The lowest BCUT2D eigenvalue weighted by molar-refractivity contribution is 0.102. The third kappa shape index (κ3) is 4.84. The van der Waals surface area contributed by atoms with Crippen molar-refractivity contribution in [2.24, 2.45) is 0 Å². The van der Waals surface area contributed by atoms with Gasteiger partial charge < -0.3 is 15.4 Å². The lowest BCUT2D eigenvalue weighted by atomic mass is 10.3. The Morgan fingerprint density at radius 2 is 2.00 bits per heavy atom. The van der Waals surface area contributed by atoms with E-state index in [0.29, 0.717) is 34.8 Å². The first-order valence-corrected chi connectivity index (χ1v) is 7.17. The molecule has 0 unspecified atom stereocenters. The fraction of sp³-hybridized carbons (Fsp3) is 0.214. The van der Waals surface area contributed by atoms with Crippen molar-refractivity contribution in [1.29, 1.82) is 0 Å². The van der Waals surface area contributed by atoms with Crippen molar-refractivity contribution in [3.05, 3.63) is 46.2 Å². The minimum atomic E-state index is -0.379. The molecule has 0 aliphatic carbocycles. The standard InChI is InChI=1S/C14H14Cl2N4O2/c1-22-5-4-18-14-17-3-2-12(20-14)13(21)19-11-7-9(15)6-10(16)8-11/h2-3,6-8H,4-5H2,1H3,(H,19,21)(H,17,18,20). The van der Waals surface area contributed by atoms with Gasteiger partial charge in [0.15, 0.2) is 0 Å². The quantitative estimate of drug-likeness (QED) is 0.790. The summed E-state index contributed by atoms with van der Waals surface area (Å²) >= 11 is 11.8. The second-order valence-electron chi connectivity index (χ2n) is 4.30. The molecule has 2 N–H and O–H groups in total. The van der Waals surface area contributed by atoms with Gasteiger partial charge in [0, 0.05) is 35.6 Å². The van der Waals surface area contributed by atoms with Crippen LogP contribution in [0, 0.1) is 0 Å². The molecule has 1 heterocycles. The van der Waals surface area contributed by atoms with E-state index in [1.807, 2.05) is 0 Å². The van der Waals surface area contributed by atoms with E-state index in [1.165, 1.54) is 12.3 Å². The lowest BCUT2D eigenvalue weighted by Gasteiger charge is -2.08. The Bertz CT molecular complexity index is 647. The molecule has 0 aliphatic rings. The Morgan fingerprint density at radius 3 is 2.68 bits per heavy atom. The van der Waals surface area contributed by atoms with Gasteiger partial charge in [0.1, 0.15) is 5.69 Å². The van der Waals surface area contributed by atoms with Gasteiger partial charge in [-0.05, 0) is 24.3 Å². The van der Waals surface area contributed by atoms with Crippen LogP contribution >= 0.6 is 23.2 Å². The summed E-state index contributed by atoms with van der Waals surface area (Å²) in [5.74, 6) is -0.0237. The fourth-order valence-electron chi connectivity index (χ4n) is 1.66. The number of hydrogen-bond acceptors (Lipinski definition) is 5. The van der Waals surface area contributed by atoms with Crippen LogP contribution in [-0.2, 0) is 4.74 Å². The van der Waals surface area contributed by atoms with Crippen molar-refractivity contribution >= 4 is 40.7 Å². The number of rotatable bonds is 6. The van der Waals surface area contributed by atoms with Gasteiger partial charge in [0.05, 0.1) is 6.61 Å². The molecule has 1 amide bonds. The predicted octanol–water partition coefficient (Wildman–Crippen LogP) is 3.09. The average Bonchev–Trinajstić information content (AvgIpc) is 2.47. The van der Waals surface area contributed by atoms with Gasteiger partial charge in [0.2, 0.25) is 5.95 Å². The molecule has 0 saturated heterocycles. The Hall–Kier alpha value is -1.89. The number of benzene rings is 1. The van der Waals surface area contributed by atoms with Crippen molar-refractivity contribution in [3.63, 3.8) is 0 Å². The second-order valence-corrected chi connectivity index (χ2v) is 5.17. The van der Waals surface area contributed by atoms with E-state index in [9.17, 15) is 4.79 Å². The molecule has 1 aromatic heterocycles. The van der Waals surface area contributed by atoms with Gasteiger partial charge in [-0.1, -0.05) is 23.2 Å². The Morgan fingerprint density at radius 1 is 1.27 bits per heavy atom. The third-order valence-electron chi connectivity index (χ3n) is 2.60. The molecule has 0 fully saturated rings. The zero-order valence-corrected chi connectivity index (χ0v) is 13.3. The number of carbonyl (C=O) groups is 1. The van der Waals surface area contributed by atoms with E-state index in [-0.39, 0.29) is 11.6 Å². The largest absolute Gasteiger partial charge is 0.383 e. The summed E-state index contributed by atoms with van der Waals surface area (Å²) in [4.78, 5) is 20.3. The van der Waals surface area contributed by atoms with E-state index in [1.54, 1.807) is 25.3 Å². The second kappa shape index (κ2) is 7.93. The first-order valence-electron chi connectivity index (χ1n) is 6.42. The monoisotopic (exact) mass is 340 g/mol. The van der Waals surface area contributed by atoms with E-state index in [4.69, 9.17) is 27.9 Å². The highest BCUT2D eigenvalue weighted by Gasteiger charge is 2.10. The summed E-state index contributed by atoms with van der Waals surface area (Å²) in [6, 6.07) is 6.30. The Balaban J connectivity index is 2.07. The number of aromatic nitrogens is 2. The number of ether oxygens (including phenoxy) is 1. The minimum Gasteiger partial charge on any atom is -0.383 e. The number of carbonyl (C=O) groups excluding carboxylic acids is 1. The van der Waals surface area contributed by atoms with Crippen molar-refractivity contribution in [1.82, 2.24) is 9.97 Å². The average molecular weight is 341 g/mol. The maximum absolute atomic E-state index is 12.2. The van der Waals surface area contributed by atoms with E-state index in [0.717, 1.165) is 0 Å². The van der Waals surface area contributed by atoms with Crippen LogP contribution in [0.15, 0.2) is 30.5 Å². The highest BCUT2D eigenvalue weighted by atomic mass is 35.5. The number of amides is 1. The van der Waals surface area contributed by atoms with Crippen LogP contribution in [0.3, 0.4) is 0 Å². The van der Waals surface area contributed by atoms with Gasteiger partial charge in [-0.25, -0.2) is 9.97 Å². The molecule has 0 saturated carbocycles. The smallest absolute Gasteiger partial charge is 0.274 e. The number of anilines is 2. The molecule has 2 aromatic rings. The summed E-state index contributed by atoms with van der Waals surface area (Å²) in [5, 5.41) is 6.51. The van der Waals surface area contributed by atoms with Crippen molar-refractivity contribution in [2.45, 2.75) is 0 Å². The number of nitrogens with one attached hydrogen (secondary N) is 2. The molecule has 2 rings (SSSR count). The molecule has 0 bridgehead atoms. The highest BCUT2D eigenvalue weighted by molar-refractivity contribution is 6.35. The van der Waals surface area contributed by atoms with E-state index < -0.39 is 0 Å². The van der Waals surface area contributed by atoms with Gasteiger partial charge in [0.25, 0.3) is 5.91 Å². The number of hydrogen-bond donors (Lipinski definition) is 2. The normalized spacial score (nSPS) is 10.3. The summed E-state index contributed by atoms with van der Waals surface area (Å²) < 4.78 is 4.92. The molecule has 0 spiro atoms. The number of methoxy groups -OCH3 is 1. The fourth-order valence-corrected chi connectivity index (χ4v) is 2.18. The molecule has 1 aromatic carbocycles. The predicted molar refractivity (Wildman–Crippen MR) is 86.8 cm³/mol.